The Bertz CT molecular complexity index is 1540. The number of imidazole rings is 1. The summed E-state index contributed by atoms with van der Waals surface area (Å²) >= 11 is 12.0. The van der Waals surface area contributed by atoms with Crippen LogP contribution in [0.1, 0.15) is 17.5 Å². The van der Waals surface area contributed by atoms with E-state index < -0.39 is 17.2 Å². The standard InChI is InChI=1S/C22H20Cl2N6O4/c1-28-18-19(27-21(28)26-16-10-12(7-8-25-16)4-6-17(31)32)29(2)22(34)30(20(18)33)11-13-3-5-14(23)15(24)9-13/h3,5,7-10H,4,6,11H2,1-2H3,(H,31,32)(H,25,26,27). The smallest absolute Gasteiger partial charge is 0.332 e. The lowest BCUT2D eigenvalue weighted by Gasteiger charge is -2.09. The van der Waals surface area contributed by atoms with Crippen LogP contribution in [0.2, 0.25) is 10.0 Å². The Labute approximate surface area is 203 Å². The molecular weight excluding hydrogens is 483 g/mol. The van der Waals surface area contributed by atoms with E-state index in [9.17, 15) is 14.4 Å². The Kier molecular flexibility index (Phi) is 6.45. The average molecular weight is 503 g/mol. The van der Waals surface area contributed by atoms with E-state index in [4.69, 9.17) is 28.3 Å². The summed E-state index contributed by atoms with van der Waals surface area (Å²) in [4.78, 5) is 45.7. The number of fused-ring (bicyclic) bond motifs is 1. The Balaban J connectivity index is 1.73. The number of carboxylic acid groups (broad SMARTS) is 1. The number of benzene rings is 1. The lowest BCUT2D eigenvalue weighted by molar-refractivity contribution is -0.136. The molecule has 0 amide bonds. The number of aliphatic carboxylic acids is 1. The van der Waals surface area contributed by atoms with Gasteiger partial charge < -0.3 is 15.0 Å². The van der Waals surface area contributed by atoms with Gasteiger partial charge in [-0.05, 0) is 41.8 Å². The number of carboxylic acids is 1. The van der Waals surface area contributed by atoms with Crippen molar-refractivity contribution in [2.45, 2.75) is 19.4 Å². The molecule has 4 rings (SSSR count). The van der Waals surface area contributed by atoms with E-state index >= 15 is 0 Å². The average Bonchev–Trinajstić information content (AvgIpc) is 3.12. The number of carbonyl (C=O) groups is 1. The van der Waals surface area contributed by atoms with Crippen molar-refractivity contribution < 1.29 is 9.90 Å². The minimum Gasteiger partial charge on any atom is -0.481 e. The number of anilines is 2. The van der Waals surface area contributed by atoms with Crippen molar-refractivity contribution in [3.05, 3.63) is 78.5 Å². The van der Waals surface area contributed by atoms with Crippen molar-refractivity contribution in [2.75, 3.05) is 5.32 Å². The summed E-state index contributed by atoms with van der Waals surface area (Å²) < 4.78 is 3.96. The van der Waals surface area contributed by atoms with Crippen LogP contribution >= 0.6 is 23.2 Å². The number of nitrogens with zero attached hydrogens (tertiary/aromatic N) is 5. The number of nitrogens with one attached hydrogen (secondary N) is 1. The van der Waals surface area contributed by atoms with Crippen molar-refractivity contribution in [2.24, 2.45) is 14.1 Å². The summed E-state index contributed by atoms with van der Waals surface area (Å²) in [6, 6.07) is 8.36. The third kappa shape index (κ3) is 4.55. The molecule has 2 N–H and O–H groups in total. The first-order chi connectivity index (χ1) is 16.2. The molecule has 0 fully saturated rings. The maximum Gasteiger partial charge on any atom is 0.332 e. The number of aryl methyl sites for hydroxylation is 3. The summed E-state index contributed by atoms with van der Waals surface area (Å²) in [6.45, 7) is 0.0133. The number of aromatic nitrogens is 5. The van der Waals surface area contributed by atoms with Crippen molar-refractivity contribution in [1.82, 2.24) is 23.7 Å². The zero-order chi connectivity index (χ0) is 24.6. The summed E-state index contributed by atoms with van der Waals surface area (Å²) in [5, 5.41) is 12.6. The first kappa shape index (κ1) is 23.5. The van der Waals surface area contributed by atoms with Gasteiger partial charge in [0.05, 0.1) is 16.6 Å². The molecule has 0 saturated heterocycles. The fourth-order valence-corrected chi connectivity index (χ4v) is 3.90. The van der Waals surface area contributed by atoms with Crippen LogP contribution in [0.4, 0.5) is 11.8 Å². The molecule has 34 heavy (non-hydrogen) atoms. The van der Waals surface area contributed by atoms with Gasteiger partial charge in [0.2, 0.25) is 5.95 Å². The van der Waals surface area contributed by atoms with Crippen LogP contribution in [0.25, 0.3) is 11.2 Å². The molecule has 0 aliphatic rings. The SMILES string of the molecule is Cn1c(Nc2cc(CCC(=O)O)ccn2)nc2c1c(=O)n(Cc1ccc(Cl)c(Cl)c1)c(=O)n2C. The third-order valence-electron chi connectivity index (χ3n) is 5.38. The number of halogens is 2. The molecule has 0 unspecified atom stereocenters. The number of rotatable bonds is 7. The highest BCUT2D eigenvalue weighted by Gasteiger charge is 2.19. The van der Waals surface area contributed by atoms with E-state index in [0.717, 1.165) is 10.1 Å². The quantitative estimate of drug-likeness (QED) is 0.398. The van der Waals surface area contributed by atoms with Gasteiger partial charge >= 0.3 is 11.7 Å². The van der Waals surface area contributed by atoms with E-state index in [2.05, 4.69) is 15.3 Å². The predicted molar refractivity (Wildman–Crippen MR) is 129 cm³/mol. The molecule has 0 bridgehead atoms. The topological polar surface area (TPSA) is 124 Å². The number of hydrogen-bond acceptors (Lipinski definition) is 6. The second kappa shape index (κ2) is 9.32. The van der Waals surface area contributed by atoms with Crippen LogP contribution in [-0.2, 0) is 31.9 Å². The van der Waals surface area contributed by atoms with Gasteiger partial charge in [-0.2, -0.15) is 4.98 Å². The van der Waals surface area contributed by atoms with Crippen molar-refractivity contribution >= 4 is 52.1 Å². The molecule has 0 spiro atoms. The molecule has 1 aromatic carbocycles. The van der Waals surface area contributed by atoms with Gasteiger partial charge in [0.1, 0.15) is 5.82 Å². The van der Waals surface area contributed by atoms with Crippen LogP contribution in [0, 0.1) is 0 Å². The summed E-state index contributed by atoms with van der Waals surface area (Å²) in [5.74, 6) is -0.153. The van der Waals surface area contributed by atoms with Gasteiger partial charge in [0.15, 0.2) is 11.2 Å². The first-order valence-corrected chi connectivity index (χ1v) is 10.9. The normalized spacial score (nSPS) is 11.2. The van der Waals surface area contributed by atoms with Crippen molar-refractivity contribution in [1.29, 1.82) is 0 Å². The fraction of sp³-hybridized carbons (Fsp3) is 0.227. The molecule has 0 aliphatic carbocycles. The van der Waals surface area contributed by atoms with Crippen LogP contribution < -0.4 is 16.6 Å². The van der Waals surface area contributed by atoms with Crippen LogP contribution in [-0.4, -0.2) is 34.7 Å². The monoisotopic (exact) mass is 502 g/mol. The lowest BCUT2D eigenvalue weighted by atomic mass is 10.1. The summed E-state index contributed by atoms with van der Waals surface area (Å²) in [6.07, 6.45) is 1.90. The fourth-order valence-electron chi connectivity index (χ4n) is 3.58. The molecule has 4 aromatic rings. The predicted octanol–water partition coefficient (Wildman–Crippen LogP) is 2.94. The van der Waals surface area contributed by atoms with Crippen molar-refractivity contribution in [3.63, 3.8) is 0 Å². The van der Waals surface area contributed by atoms with E-state index in [-0.39, 0.29) is 24.1 Å². The van der Waals surface area contributed by atoms with E-state index in [0.29, 0.717) is 33.8 Å². The minimum atomic E-state index is -0.889. The highest BCUT2D eigenvalue weighted by atomic mass is 35.5. The highest BCUT2D eigenvalue weighted by molar-refractivity contribution is 6.42. The van der Waals surface area contributed by atoms with Gasteiger partial charge in [-0.15, -0.1) is 0 Å². The first-order valence-electron chi connectivity index (χ1n) is 10.2. The van der Waals surface area contributed by atoms with E-state index in [1.54, 1.807) is 48.1 Å². The molecule has 3 heterocycles. The second-order valence-corrected chi connectivity index (χ2v) is 8.53. The van der Waals surface area contributed by atoms with Crippen molar-refractivity contribution in [3.8, 4) is 0 Å². The summed E-state index contributed by atoms with van der Waals surface area (Å²) in [5.41, 5.74) is 0.849. The molecule has 176 valence electrons. The molecule has 0 saturated carbocycles. The van der Waals surface area contributed by atoms with Gasteiger partial charge in [-0.3, -0.25) is 18.7 Å². The maximum absolute atomic E-state index is 13.3. The lowest BCUT2D eigenvalue weighted by Crippen LogP contribution is -2.39. The number of pyridine rings is 1. The molecule has 10 nitrogen and oxygen atoms in total. The van der Waals surface area contributed by atoms with E-state index in [1.165, 1.54) is 11.6 Å². The third-order valence-corrected chi connectivity index (χ3v) is 6.12. The molecule has 3 aromatic heterocycles. The van der Waals surface area contributed by atoms with Crippen LogP contribution in [0.3, 0.4) is 0 Å². The van der Waals surface area contributed by atoms with Gasteiger partial charge in [-0.25, -0.2) is 9.78 Å². The Morgan fingerprint density at radius 2 is 1.82 bits per heavy atom. The van der Waals surface area contributed by atoms with Gasteiger partial charge in [0, 0.05) is 26.7 Å². The molecule has 0 radical (unpaired) electrons. The molecule has 0 atom stereocenters. The Morgan fingerprint density at radius 1 is 1.06 bits per heavy atom. The number of hydrogen-bond donors (Lipinski definition) is 2. The Hall–Kier alpha value is -3.63. The Morgan fingerprint density at radius 3 is 2.53 bits per heavy atom. The van der Waals surface area contributed by atoms with E-state index in [1.807, 2.05) is 0 Å². The summed E-state index contributed by atoms with van der Waals surface area (Å²) in [7, 11) is 3.19. The zero-order valence-electron chi connectivity index (χ0n) is 18.2. The van der Waals surface area contributed by atoms with Crippen LogP contribution in [0.5, 0.6) is 0 Å². The largest absolute Gasteiger partial charge is 0.481 e. The van der Waals surface area contributed by atoms with Gasteiger partial charge in [0.25, 0.3) is 5.56 Å². The highest BCUT2D eigenvalue weighted by Crippen LogP contribution is 2.23. The molecular formula is C22H20Cl2N6O4. The molecule has 0 aliphatic heterocycles. The molecule has 12 heteroatoms. The zero-order valence-corrected chi connectivity index (χ0v) is 19.8. The minimum absolute atomic E-state index is 0.00374. The maximum atomic E-state index is 13.3. The van der Waals surface area contributed by atoms with Crippen LogP contribution in [0.15, 0.2) is 46.1 Å². The second-order valence-electron chi connectivity index (χ2n) is 7.72. The van der Waals surface area contributed by atoms with Gasteiger partial charge in [-0.1, -0.05) is 29.3 Å².